The van der Waals surface area contributed by atoms with E-state index < -0.39 is 0 Å². The molecule has 4 rings (SSSR count). The molecule has 1 heterocycles. The second-order valence-electron chi connectivity index (χ2n) is 12.3. The number of hydrogen-bond donors (Lipinski definition) is 3. The highest BCUT2D eigenvalue weighted by Crippen LogP contribution is 2.31. The molecule has 45 heavy (non-hydrogen) atoms. The number of amides is 3. The van der Waals surface area contributed by atoms with Crippen molar-refractivity contribution in [1.82, 2.24) is 9.47 Å². The summed E-state index contributed by atoms with van der Waals surface area (Å²) in [6.45, 7) is 10.0. The molecule has 234 valence electrons. The standard InChI is InChI=1S/C36H41N5O4/c1-9-32(42)38-30-20-26(17-18-28(30)34(44)40(6)7)37-31-19-24(21-41(8)35(31)45)27-11-10-12-29(22(27)2)39-33(43)23-13-15-25(16-14-23)36(3,4)5/h10-21,37H,9H2,1-8H3,(H,38,42)(H,39,43). The fourth-order valence-electron chi connectivity index (χ4n) is 4.90. The molecule has 0 bridgehead atoms. The highest BCUT2D eigenvalue weighted by molar-refractivity contribution is 6.05. The van der Waals surface area contributed by atoms with Gasteiger partial charge in [-0.25, -0.2) is 0 Å². The van der Waals surface area contributed by atoms with Crippen LogP contribution in [0.2, 0.25) is 0 Å². The monoisotopic (exact) mass is 607 g/mol. The van der Waals surface area contributed by atoms with Crippen LogP contribution in [0.5, 0.6) is 0 Å². The number of carbonyl (C=O) groups excluding carboxylic acids is 3. The van der Waals surface area contributed by atoms with Crippen LogP contribution in [0.25, 0.3) is 11.1 Å². The number of aromatic nitrogens is 1. The summed E-state index contributed by atoms with van der Waals surface area (Å²) in [7, 11) is 4.95. The van der Waals surface area contributed by atoms with Gasteiger partial charge in [-0.1, -0.05) is 52.0 Å². The highest BCUT2D eigenvalue weighted by atomic mass is 16.2. The second-order valence-corrected chi connectivity index (χ2v) is 12.3. The lowest BCUT2D eigenvalue weighted by atomic mass is 9.86. The number of anilines is 4. The molecule has 0 radical (unpaired) electrons. The van der Waals surface area contributed by atoms with E-state index in [1.807, 2.05) is 49.4 Å². The predicted octanol–water partition coefficient (Wildman–Crippen LogP) is 6.70. The molecule has 0 saturated heterocycles. The SMILES string of the molecule is CCC(=O)Nc1cc(Nc2cc(-c3cccc(NC(=O)c4ccc(C(C)(C)C)cc4)c3C)cn(C)c2=O)ccc1C(=O)N(C)C. The van der Waals surface area contributed by atoms with Gasteiger partial charge in [-0.05, 0) is 71.5 Å². The van der Waals surface area contributed by atoms with E-state index in [1.165, 1.54) is 9.47 Å². The molecular weight excluding hydrogens is 566 g/mol. The molecule has 3 N–H and O–H groups in total. The topological polar surface area (TPSA) is 113 Å². The lowest BCUT2D eigenvalue weighted by Gasteiger charge is -2.19. The van der Waals surface area contributed by atoms with E-state index in [0.29, 0.717) is 33.9 Å². The van der Waals surface area contributed by atoms with Gasteiger partial charge in [-0.15, -0.1) is 0 Å². The van der Waals surface area contributed by atoms with Crippen molar-refractivity contribution in [2.75, 3.05) is 30.0 Å². The van der Waals surface area contributed by atoms with Crippen molar-refractivity contribution in [2.24, 2.45) is 7.05 Å². The van der Waals surface area contributed by atoms with Crippen LogP contribution in [-0.2, 0) is 17.3 Å². The number of nitrogens with zero attached hydrogens (tertiary/aromatic N) is 2. The largest absolute Gasteiger partial charge is 0.351 e. The first kappa shape index (κ1) is 32.7. The van der Waals surface area contributed by atoms with E-state index in [0.717, 1.165) is 22.3 Å². The third kappa shape index (κ3) is 7.49. The maximum Gasteiger partial charge on any atom is 0.274 e. The smallest absolute Gasteiger partial charge is 0.274 e. The van der Waals surface area contributed by atoms with Crippen molar-refractivity contribution < 1.29 is 14.4 Å². The van der Waals surface area contributed by atoms with E-state index >= 15 is 0 Å². The number of pyridine rings is 1. The summed E-state index contributed by atoms with van der Waals surface area (Å²) in [6.07, 6.45) is 2.00. The fraction of sp³-hybridized carbons (Fsp3) is 0.278. The minimum absolute atomic E-state index is 0.00866. The van der Waals surface area contributed by atoms with Gasteiger partial charge >= 0.3 is 0 Å². The van der Waals surface area contributed by atoms with Crippen molar-refractivity contribution in [2.45, 2.75) is 46.5 Å². The molecule has 3 amide bonds. The summed E-state index contributed by atoms with van der Waals surface area (Å²) < 4.78 is 1.49. The molecule has 4 aromatic rings. The van der Waals surface area contributed by atoms with E-state index in [-0.39, 0.29) is 35.1 Å². The van der Waals surface area contributed by atoms with E-state index in [4.69, 9.17) is 0 Å². The second kappa shape index (κ2) is 13.2. The van der Waals surface area contributed by atoms with Crippen molar-refractivity contribution in [3.05, 3.63) is 106 Å². The van der Waals surface area contributed by atoms with Gasteiger partial charge in [-0.3, -0.25) is 19.2 Å². The maximum atomic E-state index is 13.2. The molecule has 0 aliphatic heterocycles. The average molecular weight is 608 g/mol. The molecule has 0 aliphatic rings. The van der Waals surface area contributed by atoms with Crippen LogP contribution in [-0.4, -0.2) is 41.3 Å². The van der Waals surface area contributed by atoms with Crippen molar-refractivity contribution in [1.29, 1.82) is 0 Å². The Bertz CT molecular complexity index is 1820. The number of hydrogen-bond acceptors (Lipinski definition) is 5. The van der Waals surface area contributed by atoms with Crippen LogP contribution >= 0.6 is 0 Å². The lowest BCUT2D eigenvalue weighted by Crippen LogP contribution is -2.24. The minimum atomic E-state index is -0.257. The van der Waals surface area contributed by atoms with Crippen LogP contribution in [0.1, 0.15) is 66.0 Å². The molecule has 0 unspecified atom stereocenters. The number of rotatable bonds is 8. The summed E-state index contributed by atoms with van der Waals surface area (Å²) in [5.74, 6) is -0.696. The van der Waals surface area contributed by atoms with E-state index in [9.17, 15) is 19.2 Å². The molecule has 9 nitrogen and oxygen atoms in total. The van der Waals surface area contributed by atoms with Gasteiger partial charge in [0.15, 0.2) is 0 Å². The number of aryl methyl sites for hydroxylation is 1. The third-order valence-corrected chi connectivity index (χ3v) is 7.62. The zero-order chi connectivity index (χ0) is 33.1. The summed E-state index contributed by atoms with van der Waals surface area (Å²) in [5, 5.41) is 9.00. The first-order valence-electron chi connectivity index (χ1n) is 14.8. The Kier molecular flexibility index (Phi) is 9.61. The summed E-state index contributed by atoms with van der Waals surface area (Å²) in [5.41, 5.74) is 6.10. The van der Waals surface area contributed by atoms with Gasteiger partial charge < -0.3 is 25.4 Å². The molecule has 0 fully saturated rings. The highest BCUT2D eigenvalue weighted by Gasteiger charge is 2.18. The molecular formula is C36H41N5O4. The van der Waals surface area contributed by atoms with Crippen molar-refractivity contribution >= 4 is 40.5 Å². The molecule has 0 atom stereocenters. The summed E-state index contributed by atoms with van der Waals surface area (Å²) in [6, 6.07) is 20.0. The van der Waals surface area contributed by atoms with Crippen LogP contribution in [0, 0.1) is 6.92 Å². The Morgan fingerprint density at radius 3 is 2.18 bits per heavy atom. The van der Waals surface area contributed by atoms with Crippen molar-refractivity contribution in [3.63, 3.8) is 0 Å². The quantitative estimate of drug-likeness (QED) is 0.206. The van der Waals surface area contributed by atoms with Crippen LogP contribution in [0.15, 0.2) is 77.7 Å². The van der Waals surface area contributed by atoms with Crippen LogP contribution < -0.4 is 21.5 Å². The predicted molar refractivity (Wildman–Crippen MR) is 182 cm³/mol. The molecule has 0 spiro atoms. The molecule has 3 aromatic carbocycles. The van der Waals surface area contributed by atoms with Gasteiger partial charge in [-0.2, -0.15) is 0 Å². The number of benzene rings is 3. The van der Waals surface area contributed by atoms with Crippen molar-refractivity contribution in [3.8, 4) is 11.1 Å². The zero-order valence-electron chi connectivity index (χ0n) is 27.2. The Balaban J connectivity index is 1.65. The van der Waals surface area contributed by atoms with Gasteiger partial charge in [0.1, 0.15) is 5.69 Å². The molecule has 0 saturated carbocycles. The van der Waals surface area contributed by atoms with Gasteiger partial charge in [0, 0.05) is 56.3 Å². The van der Waals surface area contributed by atoms with Gasteiger partial charge in [0.2, 0.25) is 5.91 Å². The number of carbonyl (C=O) groups is 3. The first-order valence-corrected chi connectivity index (χ1v) is 14.8. The van der Waals surface area contributed by atoms with Crippen LogP contribution in [0.3, 0.4) is 0 Å². The zero-order valence-corrected chi connectivity index (χ0v) is 27.2. The summed E-state index contributed by atoms with van der Waals surface area (Å²) >= 11 is 0. The molecule has 1 aromatic heterocycles. The molecule has 0 aliphatic carbocycles. The normalized spacial score (nSPS) is 11.1. The maximum absolute atomic E-state index is 13.2. The molecule has 9 heteroatoms. The Hall–Kier alpha value is -5.18. The first-order chi connectivity index (χ1) is 21.2. The Labute approximate surface area is 264 Å². The summed E-state index contributed by atoms with van der Waals surface area (Å²) in [4.78, 5) is 52.7. The lowest BCUT2D eigenvalue weighted by molar-refractivity contribution is -0.115. The fourth-order valence-corrected chi connectivity index (χ4v) is 4.90. The average Bonchev–Trinajstić information content (AvgIpc) is 2.99. The van der Waals surface area contributed by atoms with Crippen LogP contribution in [0.4, 0.5) is 22.7 Å². The Morgan fingerprint density at radius 2 is 1.56 bits per heavy atom. The van der Waals surface area contributed by atoms with E-state index in [1.54, 1.807) is 58.5 Å². The van der Waals surface area contributed by atoms with Gasteiger partial charge in [0.25, 0.3) is 17.4 Å². The van der Waals surface area contributed by atoms with Gasteiger partial charge in [0.05, 0.1) is 11.3 Å². The minimum Gasteiger partial charge on any atom is -0.351 e. The third-order valence-electron chi connectivity index (χ3n) is 7.62. The van der Waals surface area contributed by atoms with E-state index in [2.05, 4.69) is 36.7 Å². The Morgan fingerprint density at radius 1 is 0.867 bits per heavy atom. The number of nitrogens with one attached hydrogen (secondary N) is 3.